The number of rotatable bonds is 4. The second-order valence-electron chi connectivity index (χ2n) is 4.99. The molecule has 0 aliphatic rings. The van der Waals surface area contributed by atoms with Gasteiger partial charge in [0.15, 0.2) is 5.82 Å². The minimum atomic E-state index is -3.05. The average molecular weight is 360 g/mol. The van der Waals surface area contributed by atoms with E-state index in [0.717, 1.165) is 5.56 Å². The fourth-order valence-corrected chi connectivity index (χ4v) is 3.20. The Balaban J connectivity index is 1.95. The lowest BCUT2D eigenvalue weighted by Gasteiger charge is -2.12. The monoisotopic (exact) mass is 359 g/mol. The standard InChI is InChI=1S/C17H14ClN3O2S/c1-24(22,14-9-7-13(19)8-10-14)23-16-11-15(18)20-17(21-16)12-5-3-2-4-6-12/h2-11H,1,19H2. The van der Waals surface area contributed by atoms with E-state index in [1.807, 2.05) is 30.3 Å². The van der Waals surface area contributed by atoms with Gasteiger partial charge in [-0.05, 0) is 30.1 Å². The van der Waals surface area contributed by atoms with Gasteiger partial charge in [0, 0.05) is 17.3 Å². The van der Waals surface area contributed by atoms with Crippen molar-refractivity contribution in [2.24, 2.45) is 0 Å². The zero-order chi connectivity index (χ0) is 17.2. The quantitative estimate of drug-likeness (QED) is 0.438. The number of nitrogen functional groups attached to an aromatic ring is 1. The highest BCUT2D eigenvalue weighted by Crippen LogP contribution is 2.24. The van der Waals surface area contributed by atoms with Crippen LogP contribution in [0.3, 0.4) is 0 Å². The second kappa shape index (κ2) is 6.51. The number of nitrogens with zero attached hydrogens (tertiary/aromatic N) is 2. The molecule has 0 radical (unpaired) electrons. The van der Waals surface area contributed by atoms with Gasteiger partial charge in [0.2, 0.25) is 5.88 Å². The number of aromatic nitrogens is 2. The van der Waals surface area contributed by atoms with E-state index in [1.54, 1.807) is 24.3 Å². The van der Waals surface area contributed by atoms with Gasteiger partial charge in [0.05, 0.1) is 4.90 Å². The molecule has 2 aromatic carbocycles. The summed E-state index contributed by atoms with van der Waals surface area (Å²) in [5.74, 6) is 4.13. The molecule has 3 rings (SSSR count). The third kappa shape index (κ3) is 3.67. The van der Waals surface area contributed by atoms with E-state index in [0.29, 0.717) is 16.4 Å². The molecular weight excluding hydrogens is 346 g/mol. The third-order valence-electron chi connectivity index (χ3n) is 3.16. The number of benzene rings is 2. The van der Waals surface area contributed by atoms with Gasteiger partial charge >= 0.3 is 0 Å². The van der Waals surface area contributed by atoms with E-state index in [-0.39, 0.29) is 11.0 Å². The van der Waals surface area contributed by atoms with Crippen LogP contribution in [-0.2, 0) is 9.80 Å². The Morgan fingerprint density at radius 1 is 1.04 bits per heavy atom. The Hall–Kier alpha value is -2.57. The van der Waals surface area contributed by atoms with E-state index in [2.05, 4.69) is 15.8 Å². The van der Waals surface area contributed by atoms with Crippen LogP contribution >= 0.6 is 11.6 Å². The van der Waals surface area contributed by atoms with Crippen LogP contribution in [0.4, 0.5) is 5.69 Å². The number of nitrogens with two attached hydrogens (primary N) is 1. The minimum absolute atomic E-state index is 0.0886. The molecular formula is C17H14ClN3O2S. The molecule has 1 heterocycles. The first-order valence-electron chi connectivity index (χ1n) is 6.96. The normalized spacial score (nSPS) is 13.2. The second-order valence-corrected chi connectivity index (χ2v) is 7.24. The van der Waals surface area contributed by atoms with Gasteiger partial charge in [-0.1, -0.05) is 41.9 Å². The molecule has 0 bridgehead atoms. The molecule has 7 heteroatoms. The average Bonchev–Trinajstić information content (AvgIpc) is 2.55. The summed E-state index contributed by atoms with van der Waals surface area (Å²) < 4.78 is 18.3. The highest BCUT2D eigenvalue weighted by molar-refractivity contribution is 7.96. The largest absolute Gasteiger partial charge is 0.399 e. The molecule has 3 aromatic rings. The fourth-order valence-electron chi connectivity index (χ4n) is 2.02. The Labute approximate surface area is 145 Å². The first-order chi connectivity index (χ1) is 11.4. The third-order valence-corrected chi connectivity index (χ3v) is 4.79. The van der Waals surface area contributed by atoms with Crippen LogP contribution in [0.2, 0.25) is 5.15 Å². The van der Waals surface area contributed by atoms with Crippen molar-refractivity contribution >= 4 is 33.0 Å². The van der Waals surface area contributed by atoms with E-state index in [1.165, 1.54) is 6.07 Å². The molecule has 0 aliphatic heterocycles. The van der Waals surface area contributed by atoms with Crippen molar-refractivity contribution in [3.05, 3.63) is 65.8 Å². The highest BCUT2D eigenvalue weighted by Gasteiger charge is 2.13. The summed E-state index contributed by atoms with van der Waals surface area (Å²) in [6, 6.07) is 17.2. The summed E-state index contributed by atoms with van der Waals surface area (Å²) >= 11 is 6.03. The molecule has 1 aromatic heterocycles. The Morgan fingerprint density at radius 2 is 1.71 bits per heavy atom. The Kier molecular flexibility index (Phi) is 4.42. The van der Waals surface area contributed by atoms with Gasteiger partial charge in [-0.25, -0.2) is 9.19 Å². The van der Waals surface area contributed by atoms with E-state index >= 15 is 0 Å². The smallest absolute Gasteiger partial charge is 0.235 e. The van der Waals surface area contributed by atoms with Crippen molar-refractivity contribution in [2.75, 3.05) is 5.73 Å². The van der Waals surface area contributed by atoms with Crippen LogP contribution in [0.5, 0.6) is 5.88 Å². The van der Waals surface area contributed by atoms with Crippen molar-refractivity contribution in [1.82, 2.24) is 9.97 Å². The first-order valence-corrected chi connectivity index (χ1v) is 8.99. The van der Waals surface area contributed by atoms with Crippen LogP contribution < -0.4 is 9.92 Å². The van der Waals surface area contributed by atoms with Crippen molar-refractivity contribution in [3.63, 3.8) is 0 Å². The predicted molar refractivity (Wildman–Crippen MR) is 97.5 cm³/mol. The predicted octanol–water partition coefficient (Wildman–Crippen LogP) is 3.45. The maximum Gasteiger partial charge on any atom is 0.235 e. The van der Waals surface area contributed by atoms with Crippen molar-refractivity contribution < 1.29 is 8.39 Å². The van der Waals surface area contributed by atoms with E-state index < -0.39 is 9.80 Å². The zero-order valence-electron chi connectivity index (χ0n) is 12.6. The van der Waals surface area contributed by atoms with E-state index in [9.17, 15) is 4.21 Å². The lowest BCUT2D eigenvalue weighted by atomic mass is 10.2. The summed E-state index contributed by atoms with van der Waals surface area (Å²) in [6.07, 6.45) is 0. The molecule has 0 amide bonds. The number of hydrogen-bond donors (Lipinski definition) is 1. The maximum absolute atomic E-state index is 12.7. The van der Waals surface area contributed by atoms with Crippen molar-refractivity contribution in [3.8, 4) is 17.3 Å². The summed E-state index contributed by atoms with van der Waals surface area (Å²) in [7, 11) is -3.05. The first kappa shape index (κ1) is 16.3. The minimum Gasteiger partial charge on any atom is -0.399 e. The van der Waals surface area contributed by atoms with Crippen LogP contribution in [0, 0.1) is 0 Å². The van der Waals surface area contributed by atoms with E-state index in [4.69, 9.17) is 21.5 Å². The van der Waals surface area contributed by atoms with Gasteiger partial charge in [-0.3, -0.25) is 0 Å². The molecule has 24 heavy (non-hydrogen) atoms. The molecule has 0 fully saturated rings. The van der Waals surface area contributed by atoms with Gasteiger partial charge in [0.25, 0.3) is 0 Å². The fraction of sp³-hybridized carbons (Fsp3) is 0. The van der Waals surface area contributed by atoms with Gasteiger partial charge < -0.3 is 9.92 Å². The van der Waals surface area contributed by atoms with Gasteiger partial charge in [0.1, 0.15) is 15.0 Å². The molecule has 5 nitrogen and oxygen atoms in total. The maximum atomic E-state index is 12.7. The Bertz CT molecular complexity index is 959. The summed E-state index contributed by atoms with van der Waals surface area (Å²) in [4.78, 5) is 8.84. The molecule has 1 atom stereocenters. The summed E-state index contributed by atoms with van der Waals surface area (Å²) in [6.45, 7) is 0. The number of anilines is 1. The topological polar surface area (TPSA) is 78.1 Å². The summed E-state index contributed by atoms with van der Waals surface area (Å²) in [5, 5.41) is 0.186. The molecule has 0 saturated heterocycles. The molecule has 0 saturated carbocycles. The van der Waals surface area contributed by atoms with Crippen LogP contribution in [0.1, 0.15) is 0 Å². The van der Waals surface area contributed by atoms with Gasteiger partial charge in [-0.15, -0.1) is 0 Å². The van der Waals surface area contributed by atoms with Crippen LogP contribution in [0.25, 0.3) is 11.4 Å². The lowest BCUT2D eigenvalue weighted by Crippen LogP contribution is -2.11. The Morgan fingerprint density at radius 3 is 2.38 bits per heavy atom. The van der Waals surface area contributed by atoms with Crippen LogP contribution in [-0.4, -0.2) is 20.0 Å². The summed E-state index contributed by atoms with van der Waals surface area (Å²) in [5.41, 5.74) is 6.97. The highest BCUT2D eigenvalue weighted by atomic mass is 35.5. The number of halogens is 1. The lowest BCUT2D eigenvalue weighted by molar-refractivity contribution is 0.541. The molecule has 0 spiro atoms. The van der Waals surface area contributed by atoms with Crippen LogP contribution in [0.15, 0.2) is 65.6 Å². The van der Waals surface area contributed by atoms with Crippen molar-refractivity contribution in [2.45, 2.75) is 4.90 Å². The SMILES string of the molecule is C=S(=O)(Oc1cc(Cl)nc(-c2ccccc2)n1)c1ccc(N)cc1. The molecule has 1 unspecified atom stereocenters. The molecule has 0 aliphatic carbocycles. The molecule has 122 valence electrons. The van der Waals surface area contributed by atoms with Crippen molar-refractivity contribution in [1.29, 1.82) is 0 Å². The zero-order valence-corrected chi connectivity index (χ0v) is 14.1. The molecule has 2 N–H and O–H groups in total. The number of hydrogen-bond acceptors (Lipinski definition) is 5. The van der Waals surface area contributed by atoms with Gasteiger partial charge in [-0.2, -0.15) is 4.98 Å².